The first-order chi connectivity index (χ1) is 9.13. The Morgan fingerprint density at radius 2 is 2.05 bits per heavy atom. The number of hydrogen-bond donors (Lipinski definition) is 0. The second-order valence-electron chi connectivity index (χ2n) is 4.64. The number of carbonyl (C=O) groups excluding carboxylic acids is 2. The van der Waals surface area contributed by atoms with Gasteiger partial charge in [-0.1, -0.05) is 6.42 Å². The molecule has 6 heteroatoms. The first-order valence-electron chi connectivity index (χ1n) is 6.27. The standard InChI is InChI=1S/C13H17NO4S/c1-8-11(19-7-14-8)6-18-13(16)10-5-3-4-9(10)12(15)17-2/h7,9-10H,3-6H2,1-2H3/t9-,10-/m0/s1. The molecular weight excluding hydrogens is 266 g/mol. The van der Waals surface area contributed by atoms with Gasteiger partial charge in [0.15, 0.2) is 0 Å². The van der Waals surface area contributed by atoms with Crippen LogP contribution < -0.4 is 0 Å². The molecule has 2 rings (SSSR count). The summed E-state index contributed by atoms with van der Waals surface area (Å²) < 4.78 is 10.0. The number of aromatic nitrogens is 1. The molecule has 1 saturated carbocycles. The van der Waals surface area contributed by atoms with E-state index >= 15 is 0 Å². The number of thiazole rings is 1. The molecule has 104 valence electrons. The van der Waals surface area contributed by atoms with Gasteiger partial charge in [0, 0.05) is 0 Å². The zero-order valence-corrected chi connectivity index (χ0v) is 11.9. The summed E-state index contributed by atoms with van der Waals surface area (Å²) >= 11 is 1.47. The summed E-state index contributed by atoms with van der Waals surface area (Å²) in [5, 5.41) is 0. The largest absolute Gasteiger partial charge is 0.469 e. The Kier molecular flexibility index (Phi) is 4.52. The molecule has 0 aromatic carbocycles. The molecule has 1 aliphatic carbocycles. The number of hydrogen-bond acceptors (Lipinski definition) is 6. The number of nitrogens with zero attached hydrogens (tertiary/aromatic N) is 1. The van der Waals surface area contributed by atoms with Crippen molar-refractivity contribution in [2.45, 2.75) is 32.8 Å². The van der Waals surface area contributed by atoms with Gasteiger partial charge in [-0.25, -0.2) is 4.98 Å². The first kappa shape index (κ1) is 14.0. The fourth-order valence-electron chi connectivity index (χ4n) is 2.38. The zero-order valence-electron chi connectivity index (χ0n) is 11.0. The third-order valence-corrected chi connectivity index (χ3v) is 4.42. The highest BCUT2D eigenvalue weighted by atomic mass is 32.1. The van der Waals surface area contributed by atoms with Crippen LogP contribution in [0, 0.1) is 18.8 Å². The number of aryl methyl sites for hydroxylation is 1. The van der Waals surface area contributed by atoms with Crippen LogP contribution in [0.2, 0.25) is 0 Å². The molecule has 1 aromatic heterocycles. The molecule has 5 nitrogen and oxygen atoms in total. The van der Waals surface area contributed by atoms with Gasteiger partial charge < -0.3 is 9.47 Å². The van der Waals surface area contributed by atoms with E-state index in [9.17, 15) is 9.59 Å². The van der Waals surface area contributed by atoms with Gasteiger partial charge in [-0.15, -0.1) is 11.3 Å². The van der Waals surface area contributed by atoms with Crippen molar-refractivity contribution in [3.05, 3.63) is 16.1 Å². The van der Waals surface area contributed by atoms with Crippen LogP contribution >= 0.6 is 11.3 Å². The molecule has 19 heavy (non-hydrogen) atoms. The summed E-state index contributed by atoms with van der Waals surface area (Å²) in [7, 11) is 1.35. The zero-order chi connectivity index (χ0) is 13.8. The molecule has 2 atom stereocenters. The molecular formula is C13H17NO4S. The van der Waals surface area contributed by atoms with Crippen LogP contribution in [0.1, 0.15) is 29.8 Å². The molecule has 0 amide bonds. The molecule has 0 bridgehead atoms. The number of methoxy groups -OCH3 is 1. The van der Waals surface area contributed by atoms with Gasteiger partial charge in [0.2, 0.25) is 0 Å². The Morgan fingerprint density at radius 3 is 2.63 bits per heavy atom. The van der Waals surface area contributed by atoms with Crippen LogP contribution in [0.4, 0.5) is 0 Å². The Balaban J connectivity index is 1.92. The van der Waals surface area contributed by atoms with Crippen LogP contribution in [0.5, 0.6) is 0 Å². The minimum atomic E-state index is -0.360. The van der Waals surface area contributed by atoms with Crippen molar-refractivity contribution in [1.29, 1.82) is 0 Å². The lowest BCUT2D eigenvalue weighted by molar-refractivity contribution is -0.158. The van der Waals surface area contributed by atoms with Crippen molar-refractivity contribution in [2.75, 3.05) is 7.11 Å². The summed E-state index contributed by atoms with van der Waals surface area (Å²) in [4.78, 5) is 28.7. The molecule has 1 aromatic rings. The van der Waals surface area contributed by atoms with Gasteiger partial charge in [0.1, 0.15) is 6.61 Å². The van der Waals surface area contributed by atoms with E-state index in [-0.39, 0.29) is 30.4 Å². The van der Waals surface area contributed by atoms with Crippen LogP contribution in [0.25, 0.3) is 0 Å². The van der Waals surface area contributed by atoms with Crippen molar-refractivity contribution in [3.63, 3.8) is 0 Å². The lowest BCUT2D eigenvalue weighted by Crippen LogP contribution is -2.27. The molecule has 0 radical (unpaired) electrons. The Morgan fingerprint density at radius 1 is 1.37 bits per heavy atom. The summed E-state index contributed by atoms with van der Waals surface area (Å²) in [6.07, 6.45) is 2.26. The van der Waals surface area contributed by atoms with E-state index in [1.165, 1.54) is 18.4 Å². The second kappa shape index (κ2) is 6.14. The van der Waals surface area contributed by atoms with Gasteiger partial charge in [-0.2, -0.15) is 0 Å². The highest BCUT2D eigenvalue weighted by Gasteiger charge is 2.39. The van der Waals surface area contributed by atoms with Crippen LogP contribution in [0.15, 0.2) is 5.51 Å². The maximum Gasteiger partial charge on any atom is 0.310 e. The lowest BCUT2D eigenvalue weighted by atomic mass is 9.96. The molecule has 1 heterocycles. The van der Waals surface area contributed by atoms with E-state index in [1.807, 2.05) is 6.92 Å². The number of esters is 2. The molecule has 1 aliphatic rings. The molecule has 0 saturated heterocycles. The summed E-state index contributed by atoms with van der Waals surface area (Å²) in [6.45, 7) is 2.12. The van der Waals surface area contributed by atoms with Crippen molar-refractivity contribution >= 4 is 23.3 Å². The number of ether oxygens (including phenoxy) is 2. The fraction of sp³-hybridized carbons (Fsp3) is 0.615. The normalized spacial score (nSPS) is 22.2. The van der Waals surface area contributed by atoms with Gasteiger partial charge >= 0.3 is 11.9 Å². The predicted molar refractivity (Wildman–Crippen MR) is 69.5 cm³/mol. The Hall–Kier alpha value is -1.43. The maximum atomic E-state index is 12.0. The predicted octanol–water partition coefficient (Wildman–Crippen LogP) is 2.08. The second-order valence-corrected chi connectivity index (χ2v) is 5.58. The Labute approximate surface area is 115 Å². The van der Waals surface area contributed by atoms with Crippen LogP contribution in [-0.2, 0) is 25.7 Å². The van der Waals surface area contributed by atoms with E-state index < -0.39 is 0 Å². The van der Waals surface area contributed by atoms with Gasteiger partial charge in [0.05, 0.1) is 35.0 Å². The molecule has 0 spiro atoms. The lowest BCUT2D eigenvalue weighted by Gasteiger charge is -2.16. The van der Waals surface area contributed by atoms with Crippen molar-refractivity contribution < 1.29 is 19.1 Å². The summed E-state index contributed by atoms with van der Waals surface area (Å²) in [6, 6.07) is 0. The molecule has 1 fully saturated rings. The van der Waals surface area contributed by atoms with Crippen molar-refractivity contribution in [2.24, 2.45) is 11.8 Å². The van der Waals surface area contributed by atoms with Gasteiger partial charge in [-0.05, 0) is 19.8 Å². The molecule has 0 N–H and O–H groups in total. The van der Waals surface area contributed by atoms with Crippen LogP contribution in [0.3, 0.4) is 0 Å². The molecule has 0 unspecified atom stereocenters. The molecule has 0 aliphatic heterocycles. The minimum absolute atomic E-state index is 0.236. The third-order valence-electron chi connectivity index (χ3n) is 3.51. The fourth-order valence-corrected chi connectivity index (χ4v) is 3.07. The minimum Gasteiger partial charge on any atom is -0.469 e. The highest BCUT2D eigenvalue weighted by Crippen LogP contribution is 2.33. The average molecular weight is 283 g/mol. The van der Waals surface area contributed by atoms with Crippen LogP contribution in [-0.4, -0.2) is 24.0 Å². The first-order valence-corrected chi connectivity index (χ1v) is 7.15. The smallest absolute Gasteiger partial charge is 0.310 e. The SMILES string of the molecule is COC(=O)[C@H]1CCC[C@@H]1C(=O)OCc1scnc1C. The monoisotopic (exact) mass is 283 g/mol. The number of carbonyl (C=O) groups is 2. The van der Waals surface area contributed by atoms with Crippen molar-refractivity contribution in [3.8, 4) is 0 Å². The summed E-state index contributed by atoms with van der Waals surface area (Å²) in [5.74, 6) is -1.32. The van der Waals surface area contributed by atoms with Gasteiger partial charge in [-0.3, -0.25) is 9.59 Å². The highest BCUT2D eigenvalue weighted by molar-refractivity contribution is 7.09. The maximum absolute atomic E-state index is 12.0. The summed E-state index contributed by atoms with van der Waals surface area (Å²) in [5.41, 5.74) is 2.61. The average Bonchev–Trinajstić information content (AvgIpc) is 3.04. The quantitative estimate of drug-likeness (QED) is 0.792. The topological polar surface area (TPSA) is 65.5 Å². The van der Waals surface area contributed by atoms with Gasteiger partial charge in [0.25, 0.3) is 0 Å². The number of rotatable bonds is 4. The van der Waals surface area contributed by atoms with E-state index in [0.29, 0.717) is 12.8 Å². The van der Waals surface area contributed by atoms with E-state index in [0.717, 1.165) is 17.0 Å². The van der Waals surface area contributed by atoms with Crippen molar-refractivity contribution in [1.82, 2.24) is 4.98 Å². The third kappa shape index (κ3) is 3.12. The van der Waals surface area contributed by atoms with E-state index in [2.05, 4.69) is 4.98 Å². The van der Waals surface area contributed by atoms with E-state index in [4.69, 9.17) is 9.47 Å². The Bertz CT molecular complexity index is 471. The van der Waals surface area contributed by atoms with E-state index in [1.54, 1.807) is 5.51 Å².